The van der Waals surface area contributed by atoms with E-state index in [2.05, 4.69) is 20.9 Å². The average molecular weight is 285 g/mol. The van der Waals surface area contributed by atoms with E-state index in [4.69, 9.17) is 0 Å². The molecule has 0 aliphatic carbocycles. The summed E-state index contributed by atoms with van der Waals surface area (Å²) in [5, 5.41) is 0. The van der Waals surface area contributed by atoms with Crippen molar-refractivity contribution >= 4 is 21.8 Å². The second-order valence-electron chi connectivity index (χ2n) is 3.71. The number of hydrogen-bond donors (Lipinski definition) is 0. The molecule has 1 heterocycles. The van der Waals surface area contributed by atoms with Crippen molar-refractivity contribution in [3.8, 4) is 0 Å². The maximum Gasteiger partial charge on any atom is 0.236 e. The van der Waals surface area contributed by atoms with Crippen LogP contribution >= 0.6 is 15.9 Å². The van der Waals surface area contributed by atoms with Crippen molar-refractivity contribution in [3.63, 3.8) is 0 Å². The van der Waals surface area contributed by atoms with Crippen LogP contribution in [-0.4, -0.2) is 34.2 Å². The van der Waals surface area contributed by atoms with Crippen LogP contribution in [0.2, 0.25) is 0 Å². The van der Waals surface area contributed by atoms with E-state index in [1.807, 2.05) is 32.2 Å². The number of alkyl halides is 1. The standard InChI is InChI=1S/C12H17BrN2O/c1-3-11(13)12(16)15(2)9-7-10-6-4-5-8-14-10/h4-6,8,11H,3,7,9H2,1-2H3. The Bertz CT molecular complexity index is 329. The minimum absolute atomic E-state index is 0.0683. The summed E-state index contributed by atoms with van der Waals surface area (Å²) in [4.78, 5) is 17.7. The van der Waals surface area contributed by atoms with Crippen molar-refractivity contribution in [2.45, 2.75) is 24.6 Å². The summed E-state index contributed by atoms with van der Waals surface area (Å²) in [6, 6.07) is 5.83. The third kappa shape index (κ3) is 3.93. The van der Waals surface area contributed by atoms with Gasteiger partial charge in [-0.05, 0) is 18.6 Å². The summed E-state index contributed by atoms with van der Waals surface area (Å²) < 4.78 is 0. The van der Waals surface area contributed by atoms with Crippen LogP contribution in [0.15, 0.2) is 24.4 Å². The second-order valence-corrected chi connectivity index (χ2v) is 4.81. The van der Waals surface area contributed by atoms with E-state index in [0.29, 0.717) is 6.54 Å². The Hall–Kier alpha value is -0.900. The predicted octanol–water partition coefficient (Wildman–Crippen LogP) is 2.26. The van der Waals surface area contributed by atoms with Gasteiger partial charge in [0.05, 0.1) is 4.83 Å². The number of nitrogens with zero attached hydrogens (tertiary/aromatic N) is 2. The highest BCUT2D eigenvalue weighted by Gasteiger charge is 2.16. The first-order valence-corrected chi connectivity index (χ1v) is 6.35. The highest BCUT2D eigenvalue weighted by Crippen LogP contribution is 2.08. The maximum atomic E-state index is 11.8. The van der Waals surface area contributed by atoms with Crippen molar-refractivity contribution in [2.24, 2.45) is 0 Å². The van der Waals surface area contributed by atoms with Crippen LogP contribution < -0.4 is 0 Å². The molecule has 0 N–H and O–H groups in total. The van der Waals surface area contributed by atoms with Gasteiger partial charge in [-0.3, -0.25) is 9.78 Å². The van der Waals surface area contributed by atoms with E-state index in [-0.39, 0.29) is 10.7 Å². The monoisotopic (exact) mass is 284 g/mol. The number of aromatic nitrogens is 1. The third-order valence-electron chi connectivity index (χ3n) is 2.43. The van der Waals surface area contributed by atoms with Crippen molar-refractivity contribution < 1.29 is 4.79 Å². The Morgan fingerprint density at radius 2 is 2.31 bits per heavy atom. The van der Waals surface area contributed by atoms with Gasteiger partial charge < -0.3 is 4.90 Å². The first-order valence-electron chi connectivity index (χ1n) is 5.44. The highest BCUT2D eigenvalue weighted by molar-refractivity contribution is 9.10. The smallest absolute Gasteiger partial charge is 0.236 e. The molecule has 1 atom stereocenters. The van der Waals surface area contributed by atoms with Crippen LogP contribution in [0.4, 0.5) is 0 Å². The van der Waals surface area contributed by atoms with Crippen molar-refractivity contribution in [3.05, 3.63) is 30.1 Å². The zero-order valence-corrected chi connectivity index (χ0v) is 11.3. The number of rotatable bonds is 5. The van der Waals surface area contributed by atoms with E-state index in [0.717, 1.165) is 18.5 Å². The molecule has 16 heavy (non-hydrogen) atoms. The number of halogens is 1. The molecule has 0 aromatic carbocycles. The van der Waals surface area contributed by atoms with Crippen LogP contribution in [-0.2, 0) is 11.2 Å². The zero-order chi connectivity index (χ0) is 12.0. The largest absolute Gasteiger partial charge is 0.344 e. The average Bonchev–Trinajstić information content (AvgIpc) is 2.35. The Balaban J connectivity index is 2.41. The lowest BCUT2D eigenvalue weighted by Gasteiger charge is -2.19. The molecule has 0 aliphatic rings. The van der Waals surface area contributed by atoms with Gasteiger partial charge in [-0.2, -0.15) is 0 Å². The van der Waals surface area contributed by atoms with E-state index < -0.39 is 0 Å². The first-order chi connectivity index (χ1) is 7.65. The van der Waals surface area contributed by atoms with Gasteiger partial charge in [0.25, 0.3) is 0 Å². The summed E-state index contributed by atoms with van der Waals surface area (Å²) in [6.07, 6.45) is 3.38. The molecule has 0 saturated carbocycles. The van der Waals surface area contributed by atoms with Gasteiger partial charge in [-0.1, -0.05) is 28.9 Å². The van der Waals surface area contributed by atoms with Crippen molar-refractivity contribution in [2.75, 3.05) is 13.6 Å². The lowest BCUT2D eigenvalue weighted by atomic mass is 10.2. The Morgan fingerprint density at radius 1 is 1.56 bits per heavy atom. The number of carbonyl (C=O) groups is 1. The minimum Gasteiger partial charge on any atom is -0.344 e. The summed E-state index contributed by atoms with van der Waals surface area (Å²) in [5.41, 5.74) is 1.02. The fraction of sp³-hybridized carbons (Fsp3) is 0.500. The lowest BCUT2D eigenvalue weighted by molar-refractivity contribution is -0.129. The number of carbonyl (C=O) groups excluding carboxylic acids is 1. The molecule has 0 saturated heterocycles. The first kappa shape index (κ1) is 13.2. The molecule has 0 radical (unpaired) electrons. The van der Waals surface area contributed by atoms with Gasteiger partial charge in [0.1, 0.15) is 0 Å². The fourth-order valence-corrected chi connectivity index (χ4v) is 1.70. The number of amides is 1. The minimum atomic E-state index is -0.0683. The molecular formula is C12H17BrN2O. The van der Waals surface area contributed by atoms with E-state index in [9.17, 15) is 4.79 Å². The van der Waals surface area contributed by atoms with Crippen LogP contribution in [0.25, 0.3) is 0 Å². The van der Waals surface area contributed by atoms with Gasteiger partial charge in [0, 0.05) is 31.9 Å². The predicted molar refractivity (Wildman–Crippen MR) is 68.6 cm³/mol. The van der Waals surface area contributed by atoms with E-state index in [1.165, 1.54) is 0 Å². The van der Waals surface area contributed by atoms with Gasteiger partial charge in [-0.15, -0.1) is 0 Å². The molecule has 0 fully saturated rings. The summed E-state index contributed by atoms with van der Waals surface area (Å²) in [5.74, 6) is 0.137. The van der Waals surface area contributed by atoms with Crippen LogP contribution in [0.3, 0.4) is 0 Å². The van der Waals surface area contributed by atoms with Crippen molar-refractivity contribution in [1.29, 1.82) is 0 Å². The summed E-state index contributed by atoms with van der Waals surface area (Å²) in [6.45, 7) is 2.70. The maximum absolute atomic E-state index is 11.8. The lowest BCUT2D eigenvalue weighted by Crippen LogP contribution is -2.34. The molecule has 3 nitrogen and oxygen atoms in total. The Labute approximate surface area is 105 Å². The fourth-order valence-electron chi connectivity index (χ4n) is 1.35. The van der Waals surface area contributed by atoms with Gasteiger partial charge in [0.15, 0.2) is 0 Å². The molecule has 1 amide bonds. The van der Waals surface area contributed by atoms with Crippen molar-refractivity contribution in [1.82, 2.24) is 9.88 Å². The summed E-state index contributed by atoms with van der Waals surface area (Å²) in [7, 11) is 1.83. The molecule has 0 aliphatic heterocycles. The molecule has 1 aromatic rings. The SMILES string of the molecule is CCC(Br)C(=O)N(C)CCc1ccccn1. The molecule has 4 heteroatoms. The Morgan fingerprint density at radius 3 is 2.88 bits per heavy atom. The molecular weight excluding hydrogens is 268 g/mol. The van der Waals surface area contributed by atoms with Gasteiger partial charge in [-0.25, -0.2) is 0 Å². The number of pyridine rings is 1. The van der Waals surface area contributed by atoms with E-state index in [1.54, 1.807) is 11.1 Å². The number of likely N-dealkylation sites (N-methyl/N-ethyl adjacent to an activating group) is 1. The molecule has 1 aromatic heterocycles. The molecule has 1 unspecified atom stereocenters. The second kappa shape index (κ2) is 6.63. The zero-order valence-electron chi connectivity index (χ0n) is 9.69. The third-order valence-corrected chi connectivity index (χ3v) is 3.47. The van der Waals surface area contributed by atoms with Crippen LogP contribution in [0, 0.1) is 0 Å². The van der Waals surface area contributed by atoms with Crippen LogP contribution in [0.1, 0.15) is 19.0 Å². The van der Waals surface area contributed by atoms with E-state index >= 15 is 0 Å². The Kier molecular flexibility index (Phi) is 5.46. The quantitative estimate of drug-likeness (QED) is 0.777. The molecule has 88 valence electrons. The normalized spacial score (nSPS) is 12.2. The van der Waals surface area contributed by atoms with Crippen LogP contribution in [0.5, 0.6) is 0 Å². The topological polar surface area (TPSA) is 33.2 Å². The highest BCUT2D eigenvalue weighted by atomic mass is 79.9. The van der Waals surface area contributed by atoms with Gasteiger partial charge >= 0.3 is 0 Å². The number of hydrogen-bond acceptors (Lipinski definition) is 2. The molecule has 1 rings (SSSR count). The molecule has 0 spiro atoms. The summed E-state index contributed by atoms with van der Waals surface area (Å²) >= 11 is 3.36. The molecule has 0 bridgehead atoms. The van der Waals surface area contributed by atoms with Gasteiger partial charge in [0.2, 0.25) is 5.91 Å².